The predicted octanol–water partition coefficient (Wildman–Crippen LogP) is 6.23. The van der Waals surface area contributed by atoms with Crippen LogP contribution in [0.15, 0.2) is 18.2 Å². The molecule has 3 nitrogen and oxygen atoms in total. The topological polar surface area (TPSA) is 43.7 Å². The maximum atomic E-state index is 10.9. The summed E-state index contributed by atoms with van der Waals surface area (Å²) in [5.74, 6) is 1.25. The van der Waals surface area contributed by atoms with Gasteiger partial charge in [-0.25, -0.2) is 0 Å². The summed E-state index contributed by atoms with van der Waals surface area (Å²) in [6, 6.07) is 6.39. The SMILES string of the molecule is CCCCCCC(C)(C)c1ccc([C@@H]2C[C@H](O)CC[C@H]2CCCN(C)C)c(O)c1. The second kappa shape index (κ2) is 11.4. The number of phenolic OH excluding ortho intramolecular Hbond substituents is 1. The molecule has 1 saturated carbocycles. The lowest BCUT2D eigenvalue weighted by atomic mass is 9.71. The summed E-state index contributed by atoms with van der Waals surface area (Å²) in [6.07, 6.45) is 11.1. The Morgan fingerprint density at radius 3 is 2.48 bits per heavy atom. The average molecular weight is 404 g/mol. The minimum atomic E-state index is -0.237. The van der Waals surface area contributed by atoms with Gasteiger partial charge in [0.05, 0.1) is 6.10 Å². The van der Waals surface area contributed by atoms with Crippen LogP contribution in [0.3, 0.4) is 0 Å². The summed E-state index contributed by atoms with van der Waals surface area (Å²) in [7, 11) is 4.24. The van der Waals surface area contributed by atoms with E-state index in [2.05, 4.69) is 51.9 Å². The minimum absolute atomic E-state index is 0.0843. The molecule has 1 aliphatic rings. The molecule has 0 amide bonds. The summed E-state index contributed by atoms with van der Waals surface area (Å²) < 4.78 is 0. The van der Waals surface area contributed by atoms with E-state index in [1.165, 1.54) is 44.1 Å². The second-order valence-electron chi connectivity index (χ2n) is 10.2. The van der Waals surface area contributed by atoms with Gasteiger partial charge in [-0.1, -0.05) is 58.6 Å². The molecule has 0 saturated heterocycles. The lowest BCUT2D eigenvalue weighted by molar-refractivity contribution is 0.0891. The minimum Gasteiger partial charge on any atom is -0.508 e. The van der Waals surface area contributed by atoms with E-state index < -0.39 is 0 Å². The Hall–Kier alpha value is -1.06. The molecule has 0 bridgehead atoms. The Morgan fingerprint density at radius 1 is 1.07 bits per heavy atom. The van der Waals surface area contributed by atoms with Crippen LogP contribution >= 0.6 is 0 Å². The smallest absolute Gasteiger partial charge is 0.119 e. The summed E-state index contributed by atoms with van der Waals surface area (Å²) >= 11 is 0. The third-order valence-corrected chi connectivity index (χ3v) is 7.01. The molecule has 166 valence electrons. The molecule has 2 rings (SSSR count). The van der Waals surface area contributed by atoms with Crippen LogP contribution in [0.1, 0.15) is 102 Å². The van der Waals surface area contributed by atoms with Crippen LogP contribution in [0.5, 0.6) is 5.75 Å². The zero-order chi connectivity index (χ0) is 21.4. The highest BCUT2D eigenvalue weighted by Gasteiger charge is 2.32. The van der Waals surface area contributed by atoms with E-state index in [0.717, 1.165) is 37.8 Å². The molecule has 1 aromatic rings. The monoisotopic (exact) mass is 403 g/mol. The van der Waals surface area contributed by atoms with E-state index in [1.807, 2.05) is 6.07 Å². The van der Waals surface area contributed by atoms with Gasteiger partial charge in [0.1, 0.15) is 5.75 Å². The van der Waals surface area contributed by atoms with Gasteiger partial charge < -0.3 is 15.1 Å². The van der Waals surface area contributed by atoms with Gasteiger partial charge in [-0.05, 0) is 93.6 Å². The molecule has 3 heteroatoms. The van der Waals surface area contributed by atoms with Gasteiger partial charge in [-0.2, -0.15) is 0 Å². The van der Waals surface area contributed by atoms with Crippen molar-refractivity contribution in [1.82, 2.24) is 4.90 Å². The van der Waals surface area contributed by atoms with E-state index in [-0.39, 0.29) is 17.4 Å². The molecule has 2 N–H and O–H groups in total. The number of aliphatic hydroxyl groups excluding tert-OH is 1. The fourth-order valence-corrected chi connectivity index (χ4v) is 5.02. The van der Waals surface area contributed by atoms with Crippen LogP contribution in [-0.2, 0) is 5.41 Å². The van der Waals surface area contributed by atoms with Gasteiger partial charge in [-0.15, -0.1) is 0 Å². The van der Waals surface area contributed by atoms with Crippen molar-refractivity contribution in [2.45, 2.75) is 102 Å². The van der Waals surface area contributed by atoms with Gasteiger partial charge in [-0.3, -0.25) is 0 Å². The van der Waals surface area contributed by atoms with Crippen LogP contribution < -0.4 is 0 Å². The lowest BCUT2D eigenvalue weighted by Crippen LogP contribution is -2.27. The number of phenols is 1. The molecule has 29 heavy (non-hydrogen) atoms. The molecule has 0 aromatic heterocycles. The van der Waals surface area contributed by atoms with Crippen LogP contribution in [-0.4, -0.2) is 41.9 Å². The van der Waals surface area contributed by atoms with Crippen molar-refractivity contribution in [2.75, 3.05) is 20.6 Å². The predicted molar refractivity (Wildman–Crippen MR) is 124 cm³/mol. The zero-order valence-corrected chi connectivity index (χ0v) is 19.6. The van der Waals surface area contributed by atoms with Crippen molar-refractivity contribution in [3.05, 3.63) is 29.3 Å². The second-order valence-corrected chi connectivity index (χ2v) is 10.2. The summed E-state index contributed by atoms with van der Waals surface area (Å²) in [5.41, 5.74) is 2.36. The molecule has 0 spiro atoms. The molecule has 0 unspecified atom stereocenters. The first-order chi connectivity index (χ1) is 13.7. The first-order valence-corrected chi connectivity index (χ1v) is 11.9. The summed E-state index contributed by atoms with van der Waals surface area (Å²) in [5, 5.41) is 21.2. The van der Waals surface area contributed by atoms with Crippen LogP contribution in [0.2, 0.25) is 0 Å². The third kappa shape index (κ3) is 7.29. The summed E-state index contributed by atoms with van der Waals surface area (Å²) in [6.45, 7) is 7.93. The fraction of sp³-hybridized carbons (Fsp3) is 0.769. The Labute approximate surface area is 179 Å². The maximum absolute atomic E-state index is 10.9. The van der Waals surface area contributed by atoms with Gasteiger partial charge in [0.15, 0.2) is 0 Å². The van der Waals surface area contributed by atoms with Gasteiger partial charge in [0.2, 0.25) is 0 Å². The van der Waals surface area contributed by atoms with E-state index in [4.69, 9.17) is 0 Å². The van der Waals surface area contributed by atoms with E-state index in [1.54, 1.807) is 0 Å². The molecule has 3 atom stereocenters. The molecule has 0 aliphatic heterocycles. The Kier molecular flexibility index (Phi) is 9.49. The molecular formula is C26H45NO2. The van der Waals surface area contributed by atoms with E-state index >= 15 is 0 Å². The maximum Gasteiger partial charge on any atom is 0.119 e. The number of benzene rings is 1. The highest BCUT2D eigenvalue weighted by atomic mass is 16.3. The standard InChI is InChI=1S/C26H45NO2/c1-6-7-8-9-16-26(2,3)21-13-15-23(25(29)18-21)24-19-22(28)14-12-20(24)11-10-17-27(4)5/h13,15,18,20,22,24,28-29H,6-12,14,16-17,19H2,1-5H3/t20-,22-,24-/m1/s1. The molecule has 0 heterocycles. The van der Waals surface area contributed by atoms with Gasteiger partial charge in [0, 0.05) is 0 Å². The summed E-state index contributed by atoms with van der Waals surface area (Å²) in [4.78, 5) is 2.24. The highest BCUT2D eigenvalue weighted by Crippen LogP contribution is 2.44. The number of hydrogen-bond acceptors (Lipinski definition) is 3. The Balaban J connectivity index is 2.11. The van der Waals surface area contributed by atoms with Crippen LogP contribution in [0.25, 0.3) is 0 Å². The molecular weight excluding hydrogens is 358 g/mol. The normalized spacial score (nSPS) is 22.9. The largest absolute Gasteiger partial charge is 0.508 e. The van der Waals surface area contributed by atoms with Gasteiger partial charge in [0.25, 0.3) is 0 Å². The number of rotatable bonds is 11. The fourth-order valence-electron chi connectivity index (χ4n) is 5.02. The molecule has 1 aromatic carbocycles. The van der Waals surface area contributed by atoms with Crippen LogP contribution in [0.4, 0.5) is 0 Å². The zero-order valence-electron chi connectivity index (χ0n) is 19.6. The van der Waals surface area contributed by atoms with Crippen molar-refractivity contribution in [3.63, 3.8) is 0 Å². The Morgan fingerprint density at radius 2 is 1.83 bits per heavy atom. The van der Waals surface area contributed by atoms with Crippen molar-refractivity contribution in [3.8, 4) is 5.75 Å². The third-order valence-electron chi connectivity index (χ3n) is 7.01. The van der Waals surface area contributed by atoms with Crippen molar-refractivity contribution in [2.24, 2.45) is 5.92 Å². The number of nitrogens with zero attached hydrogens (tertiary/aromatic N) is 1. The van der Waals surface area contributed by atoms with E-state index in [9.17, 15) is 10.2 Å². The number of aromatic hydroxyl groups is 1. The van der Waals surface area contributed by atoms with E-state index in [0.29, 0.717) is 11.7 Å². The van der Waals surface area contributed by atoms with Crippen molar-refractivity contribution >= 4 is 0 Å². The van der Waals surface area contributed by atoms with Crippen LogP contribution in [0, 0.1) is 5.92 Å². The first kappa shape index (κ1) is 24.2. The molecule has 1 aliphatic carbocycles. The number of unbranched alkanes of at least 4 members (excludes halogenated alkanes) is 3. The first-order valence-electron chi connectivity index (χ1n) is 11.9. The number of aliphatic hydroxyl groups is 1. The average Bonchev–Trinajstić information content (AvgIpc) is 2.66. The Bertz CT molecular complexity index is 611. The highest BCUT2D eigenvalue weighted by molar-refractivity contribution is 5.42. The molecule has 1 fully saturated rings. The molecule has 0 radical (unpaired) electrons. The number of hydrogen-bond donors (Lipinski definition) is 2. The lowest BCUT2D eigenvalue weighted by Gasteiger charge is -2.36. The quantitative estimate of drug-likeness (QED) is 0.431. The van der Waals surface area contributed by atoms with Crippen molar-refractivity contribution < 1.29 is 10.2 Å². The van der Waals surface area contributed by atoms with Gasteiger partial charge >= 0.3 is 0 Å². The van der Waals surface area contributed by atoms with Crippen molar-refractivity contribution in [1.29, 1.82) is 0 Å².